The summed E-state index contributed by atoms with van der Waals surface area (Å²) in [6, 6.07) is 0. The van der Waals surface area contributed by atoms with Crippen molar-refractivity contribution < 1.29 is 9.53 Å². The van der Waals surface area contributed by atoms with Crippen LogP contribution in [0.2, 0.25) is 0 Å². The van der Waals surface area contributed by atoms with Crippen molar-refractivity contribution in [1.82, 2.24) is 0 Å². The van der Waals surface area contributed by atoms with E-state index >= 15 is 0 Å². The minimum absolute atomic E-state index is 0.113. The molecule has 4 heteroatoms. The molecule has 0 amide bonds. The molecule has 1 aliphatic rings. The van der Waals surface area contributed by atoms with Gasteiger partial charge in [-0.25, -0.2) is 0 Å². The van der Waals surface area contributed by atoms with Crippen LogP contribution in [0, 0.1) is 11.3 Å². The summed E-state index contributed by atoms with van der Waals surface area (Å²) >= 11 is 11.6. The van der Waals surface area contributed by atoms with Crippen LogP contribution in [0.4, 0.5) is 0 Å². The predicted octanol–water partition coefficient (Wildman–Crippen LogP) is 2.77. The maximum Gasteiger partial charge on any atom is 0.311 e. The summed E-state index contributed by atoms with van der Waals surface area (Å²) in [6.45, 7) is 5.79. The standard InChI is InChI=1S/C9H14Cl2O2/c1-8(2,3)7(12)13-5-6-4-9(6,10)11/h6H,4-5H2,1-3H3. The summed E-state index contributed by atoms with van der Waals surface area (Å²) in [5.74, 6) is -0.0920. The van der Waals surface area contributed by atoms with Crippen LogP contribution in [0.3, 0.4) is 0 Å². The Morgan fingerprint density at radius 3 is 2.31 bits per heavy atom. The highest BCUT2D eigenvalue weighted by molar-refractivity contribution is 6.50. The number of carbonyl (C=O) groups excluding carboxylic acids is 1. The third-order valence-corrected chi connectivity index (χ3v) is 2.91. The zero-order valence-electron chi connectivity index (χ0n) is 8.06. The van der Waals surface area contributed by atoms with Crippen LogP contribution < -0.4 is 0 Å². The monoisotopic (exact) mass is 224 g/mol. The van der Waals surface area contributed by atoms with E-state index in [2.05, 4.69) is 0 Å². The molecule has 0 heterocycles. The number of hydrogen-bond acceptors (Lipinski definition) is 2. The smallest absolute Gasteiger partial charge is 0.311 e. The maximum atomic E-state index is 11.3. The van der Waals surface area contributed by atoms with Crippen LogP contribution in [0.25, 0.3) is 0 Å². The molecule has 76 valence electrons. The number of hydrogen-bond donors (Lipinski definition) is 0. The van der Waals surface area contributed by atoms with Crippen molar-refractivity contribution in [3.8, 4) is 0 Å². The molecular weight excluding hydrogens is 211 g/mol. The molecule has 1 unspecified atom stereocenters. The molecule has 0 N–H and O–H groups in total. The van der Waals surface area contributed by atoms with E-state index in [1.54, 1.807) is 0 Å². The van der Waals surface area contributed by atoms with Crippen molar-refractivity contribution >= 4 is 29.2 Å². The Bertz CT molecular complexity index is 218. The normalized spacial score (nSPS) is 25.5. The summed E-state index contributed by atoms with van der Waals surface area (Å²) in [4.78, 5) is 11.3. The van der Waals surface area contributed by atoms with Crippen LogP contribution in [-0.2, 0) is 9.53 Å². The quantitative estimate of drug-likeness (QED) is 0.533. The van der Waals surface area contributed by atoms with Crippen LogP contribution in [0.15, 0.2) is 0 Å². The molecule has 0 aliphatic heterocycles. The number of halogens is 2. The highest BCUT2D eigenvalue weighted by atomic mass is 35.5. The first kappa shape index (κ1) is 11.1. The molecule has 13 heavy (non-hydrogen) atoms. The Kier molecular flexibility index (Phi) is 2.84. The number of alkyl halides is 2. The van der Waals surface area contributed by atoms with Crippen molar-refractivity contribution in [3.63, 3.8) is 0 Å². The van der Waals surface area contributed by atoms with E-state index in [9.17, 15) is 4.79 Å². The van der Waals surface area contributed by atoms with Gasteiger partial charge in [0, 0.05) is 5.92 Å². The summed E-state index contributed by atoms with van der Waals surface area (Å²) in [6.07, 6.45) is 0.716. The third-order valence-electron chi connectivity index (χ3n) is 1.98. The molecule has 0 saturated heterocycles. The second-order valence-corrected chi connectivity index (χ2v) is 6.05. The van der Waals surface area contributed by atoms with Crippen molar-refractivity contribution in [3.05, 3.63) is 0 Å². The van der Waals surface area contributed by atoms with E-state index < -0.39 is 9.75 Å². The average molecular weight is 225 g/mol. The summed E-state index contributed by atoms with van der Waals surface area (Å²) in [5, 5.41) is 0. The second-order valence-electron chi connectivity index (χ2n) is 4.51. The van der Waals surface area contributed by atoms with Crippen LogP contribution in [0.1, 0.15) is 27.2 Å². The van der Waals surface area contributed by atoms with Crippen molar-refractivity contribution in [1.29, 1.82) is 0 Å². The van der Waals surface area contributed by atoms with Gasteiger partial charge in [0.1, 0.15) is 4.33 Å². The number of esters is 1. The Balaban J connectivity index is 2.25. The van der Waals surface area contributed by atoms with Gasteiger partial charge in [0.2, 0.25) is 0 Å². The molecular formula is C9H14Cl2O2. The van der Waals surface area contributed by atoms with Gasteiger partial charge in [-0.15, -0.1) is 23.2 Å². The molecule has 2 nitrogen and oxygen atoms in total. The lowest BCUT2D eigenvalue weighted by Crippen LogP contribution is -2.24. The fourth-order valence-corrected chi connectivity index (χ4v) is 1.34. The fraction of sp³-hybridized carbons (Fsp3) is 0.889. The first-order valence-electron chi connectivity index (χ1n) is 4.28. The second kappa shape index (κ2) is 3.32. The van der Waals surface area contributed by atoms with Crippen LogP contribution in [0.5, 0.6) is 0 Å². The lowest BCUT2D eigenvalue weighted by molar-refractivity contribution is -0.153. The molecule has 1 aliphatic carbocycles. The molecule has 0 bridgehead atoms. The Hall–Kier alpha value is 0.0500. The average Bonchev–Trinajstić information content (AvgIpc) is 2.52. The van der Waals surface area contributed by atoms with E-state index in [0.717, 1.165) is 0 Å². The van der Waals surface area contributed by atoms with Gasteiger partial charge < -0.3 is 4.74 Å². The highest BCUT2D eigenvalue weighted by Crippen LogP contribution is 2.53. The van der Waals surface area contributed by atoms with E-state index in [0.29, 0.717) is 13.0 Å². The lowest BCUT2D eigenvalue weighted by Gasteiger charge is -2.16. The molecule has 1 rings (SSSR count). The van der Waals surface area contributed by atoms with E-state index in [4.69, 9.17) is 27.9 Å². The highest BCUT2D eigenvalue weighted by Gasteiger charge is 2.52. The van der Waals surface area contributed by atoms with Crippen LogP contribution >= 0.6 is 23.2 Å². The van der Waals surface area contributed by atoms with E-state index in [1.807, 2.05) is 20.8 Å². The summed E-state index contributed by atoms with van der Waals surface area (Å²) in [5.41, 5.74) is -0.448. The topological polar surface area (TPSA) is 26.3 Å². The van der Waals surface area contributed by atoms with Gasteiger partial charge in [-0.3, -0.25) is 4.79 Å². The van der Waals surface area contributed by atoms with Crippen molar-refractivity contribution in [2.24, 2.45) is 11.3 Å². The summed E-state index contributed by atoms with van der Waals surface area (Å²) < 4.78 is 4.40. The molecule has 0 aromatic rings. The van der Waals surface area contributed by atoms with Gasteiger partial charge in [0.25, 0.3) is 0 Å². The molecule has 1 fully saturated rings. The first-order valence-corrected chi connectivity index (χ1v) is 5.04. The van der Waals surface area contributed by atoms with Gasteiger partial charge in [-0.1, -0.05) is 0 Å². The zero-order valence-corrected chi connectivity index (χ0v) is 9.58. The molecule has 0 spiro atoms. The van der Waals surface area contributed by atoms with E-state index in [-0.39, 0.29) is 11.9 Å². The van der Waals surface area contributed by atoms with Crippen molar-refractivity contribution in [2.45, 2.75) is 31.5 Å². The number of carbonyl (C=O) groups is 1. The molecule has 0 aromatic carbocycles. The zero-order chi connectivity index (χ0) is 10.3. The molecule has 1 saturated carbocycles. The minimum Gasteiger partial charge on any atom is -0.465 e. The predicted molar refractivity (Wildman–Crippen MR) is 53.0 cm³/mol. The number of ether oxygens (including phenoxy) is 1. The lowest BCUT2D eigenvalue weighted by atomic mass is 9.97. The van der Waals surface area contributed by atoms with E-state index in [1.165, 1.54) is 0 Å². The Morgan fingerprint density at radius 1 is 1.54 bits per heavy atom. The minimum atomic E-state index is -0.655. The third kappa shape index (κ3) is 3.03. The first-order chi connectivity index (χ1) is 5.73. The van der Waals surface area contributed by atoms with Gasteiger partial charge in [-0.2, -0.15) is 0 Å². The maximum absolute atomic E-state index is 11.3. The molecule has 1 atom stereocenters. The molecule has 0 radical (unpaired) electrons. The van der Waals surface area contributed by atoms with Crippen LogP contribution in [-0.4, -0.2) is 16.9 Å². The van der Waals surface area contributed by atoms with Gasteiger partial charge in [0.15, 0.2) is 0 Å². The van der Waals surface area contributed by atoms with Gasteiger partial charge in [0.05, 0.1) is 12.0 Å². The Morgan fingerprint density at radius 2 is 2.00 bits per heavy atom. The SMILES string of the molecule is CC(C)(C)C(=O)OCC1CC1(Cl)Cl. The Labute approximate surface area is 88.5 Å². The van der Waals surface area contributed by atoms with Gasteiger partial charge >= 0.3 is 5.97 Å². The summed E-state index contributed by atoms with van der Waals surface area (Å²) in [7, 11) is 0. The number of rotatable bonds is 2. The van der Waals surface area contributed by atoms with Gasteiger partial charge in [-0.05, 0) is 27.2 Å². The largest absolute Gasteiger partial charge is 0.465 e. The van der Waals surface area contributed by atoms with Crippen molar-refractivity contribution in [2.75, 3.05) is 6.61 Å². The fourth-order valence-electron chi connectivity index (χ4n) is 0.843. The molecule has 0 aromatic heterocycles.